The van der Waals surface area contributed by atoms with E-state index in [1.165, 1.54) is 0 Å². The largest absolute Gasteiger partial charge is 0.330 e. The molecule has 0 aliphatic heterocycles. The van der Waals surface area contributed by atoms with Crippen LogP contribution >= 0.6 is 0 Å². The van der Waals surface area contributed by atoms with Gasteiger partial charge in [0.1, 0.15) is 5.78 Å². The highest BCUT2D eigenvalue weighted by Gasteiger charge is 1.95. The van der Waals surface area contributed by atoms with E-state index in [1.807, 2.05) is 0 Å². The molecule has 0 amide bonds. The standard InChI is InChI=1S/C5H12N2O/c6-3-1-5(8)2-4-7/h1-4,6-7H2. The maximum absolute atomic E-state index is 10.5. The minimum Gasteiger partial charge on any atom is -0.330 e. The van der Waals surface area contributed by atoms with Gasteiger partial charge in [0, 0.05) is 12.8 Å². The molecule has 0 saturated carbocycles. The van der Waals surface area contributed by atoms with Crippen LogP contribution in [0.3, 0.4) is 0 Å². The lowest BCUT2D eigenvalue weighted by Crippen LogP contribution is -2.12. The third-order valence-corrected chi connectivity index (χ3v) is 0.846. The van der Waals surface area contributed by atoms with E-state index in [-0.39, 0.29) is 5.78 Å². The van der Waals surface area contributed by atoms with Crippen molar-refractivity contribution >= 4 is 5.78 Å². The molecule has 3 heteroatoms. The van der Waals surface area contributed by atoms with Gasteiger partial charge in [0.25, 0.3) is 0 Å². The Labute approximate surface area is 49.0 Å². The van der Waals surface area contributed by atoms with Gasteiger partial charge < -0.3 is 11.5 Å². The second-order valence-electron chi connectivity index (χ2n) is 1.62. The number of rotatable bonds is 4. The first-order chi connectivity index (χ1) is 3.81. The van der Waals surface area contributed by atoms with Gasteiger partial charge in [-0.2, -0.15) is 0 Å². The van der Waals surface area contributed by atoms with Crippen molar-refractivity contribution in [3.8, 4) is 0 Å². The highest BCUT2D eigenvalue weighted by atomic mass is 16.1. The van der Waals surface area contributed by atoms with Gasteiger partial charge in [-0.25, -0.2) is 0 Å². The van der Waals surface area contributed by atoms with Gasteiger partial charge in [-0.05, 0) is 13.1 Å². The van der Waals surface area contributed by atoms with Crippen LogP contribution in [-0.2, 0) is 4.79 Å². The first-order valence-corrected chi connectivity index (χ1v) is 2.73. The minimum atomic E-state index is 0.162. The van der Waals surface area contributed by atoms with Crippen LogP contribution in [0.4, 0.5) is 0 Å². The van der Waals surface area contributed by atoms with Crippen LogP contribution in [0.1, 0.15) is 12.8 Å². The Kier molecular flexibility index (Phi) is 4.50. The monoisotopic (exact) mass is 116 g/mol. The van der Waals surface area contributed by atoms with Crippen molar-refractivity contribution in [3.63, 3.8) is 0 Å². The van der Waals surface area contributed by atoms with Gasteiger partial charge in [-0.15, -0.1) is 0 Å². The van der Waals surface area contributed by atoms with Crippen LogP contribution in [0.25, 0.3) is 0 Å². The van der Waals surface area contributed by atoms with E-state index in [4.69, 9.17) is 11.5 Å². The molecule has 0 aromatic carbocycles. The Bertz CT molecular complexity index is 64.8. The van der Waals surface area contributed by atoms with Gasteiger partial charge in [-0.3, -0.25) is 4.79 Å². The third kappa shape index (κ3) is 3.77. The zero-order chi connectivity index (χ0) is 6.41. The Hall–Kier alpha value is -0.410. The van der Waals surface area contributed by atoms with E-state index in [0.29, 0.717) is 25.9 Å². The summed E-state index contributed by atoms with van der Waals surface area (Å²) in [6.07, 6.45) is 0.939. The lowest BCUT2D eigenvalue weighted by Gasteiger charge is -1.91. The van der Waals surface area contributed by atoms with Crippen LogP contribution in [-0.4, -0.2) is 18.9 Å². The molecule has 0 spiro atoms. The van der Waals surface area contributed by atoms with Crippen molar-refractivity contribution in [2.24, 2.45) is 11.5 Å². The molecule has 48 valence electrons. The van der Waals surface area contributed by atoms with E-state index in [0.717, 1.165) is 0 Å². The molecule has 0 rings (SSSR count). The smallest absolute Gasteiger partial charge is 0.135 e. The van der Waals surface area contributed by atoms with Crippen LogP contribution in [0.5, 0.6) is 0 Å². The topological polar surface area (TPSA) is 69.1 Å². The first-order valence-electron chi connectivity index (χ1n) is 2.73. The lowest BCUT2D eigenvalue weighted by molar-refractivity contribution is -0.118. The maximum Gasteiger partial charge on any atom is 0.135 e. The Morgan fingerprint density at radius 3 is 1.75 bits per heavy atom. The van der Waals surface area contributed by atoms with Crippen LogP contribution in [0.15, 0.2) is 0 Å². The molecule has 0 heterocycles. The molecule has 0 aliphatic rings. The molecule has 0 radical (unpaired) electrons. The van der Waals surface area contributed by atoms with Crippen molar-refractivity contribution in [1.29, 1.82) is 0 Å². The van der Waals surface area contributed by atoms with E-state index in [1.54, 1.807) is 0 Å². The van der Waals surface area contributed by atoms with Crippen molar-refractivity contribution < 1.29 is 4.79 Å². The summed E-state index contributed by atoms with van der Waals surface area (Å²) in [6.45, 7) is 0.887. The molecule has 0 aliphatic carbocycles. The summed E-state index contributed by atoms with van der Waals surface area (Å²) in [6, 6.07) is 0. The highest BCUT2D eigenvalue weighted by Crippen LogP contribution is 1.83. The molecule has 8 heavy (non-hydrogen) atoms. The van der Waals surface area contributed by atoms with Gasteiger partial charge in [-0.1, -0.05) is 0 Å². The van der Waals surface area contributed by atoms with Crippen molar-refractivity contribution in [3.05, 3.63) is 0 Å². The number of hydrogen-bond donors (Lipinski definition) is 2. The molecule has 0 aromatic heterocycles. The molecule has 3 nitrogen and oxygen atoms in total. The molecular formula is C5H12N2O. The lowest BCUT2D eigenvalue weighted by atomic mass is 10.2. The van der Waals surface area contributed by atoms with E-state index < -0.39 is 0 Å². The van der Waals surface area contributed by atoms with Crippen molar-refractivity contribution in [1.82, 2.24) is 0 Å². The number of carbonyl (C=O) groups excluding carboxylic acids is 1. The van der Waals surface area contributed by atoms with E-state index in [9.17, 15) is 4.79 Å². The van der Waals surface area contributed by atoms with Crippen LogP contribution in [0.2, 0.25) is 0 Å². The zero-order valence-electron chi connectivity index (χ0n) is 4.89. The SMILES string of the molecule is NCCC(=O)CCN. The third-order valence-electron chi connectivity index (χ3n) is 0.846. The molecular weight excluding hydrogens is 104 g/mol. The Balaban J connectivity index is 3.06. The molecule has 4 N–H and O–H groups in total. The fraction of sp³-hybridized carbons (Fsp3) is 0.800. The number of Topliss-reactive ketones (excluding diaryl/α,β-unsaturated/α-hetero) is 1. The van der Waals surface area contributed by atoms with Crippen LogP contribution in [0, 0.1) is 0 Å². The van der Waals surface area contributed by atoms with E-state index >= 15 is 0 Å². The normalized spacial score (nSPS) is 9.25. The molecule has 0 bridgehead atoms. The molecule has 0 fully saturated rings. The summed E-state index contributed by atoms with van der Waals surface area (Å²) in [5, 5.41) is 0. The number of ketones is 1. The first kappa shape index (κ1) is 7.59. The molecule has 0 aromatic rings. The fourth-order valence-electron chi connectivity index (χ4n) is 0.447. The molecule has 0 saturated heterocycles. The van der Waals surface area contributed by atoms with E-state index in [2.05, 4.69) is 0 Å². The molecule has 0 atom stereocenters. The second kappa shape index (κ2) is 4.74. The summed E-state index contributed by atoms with van der Waals surface area (Å²) in [5.41, 5.74) is 10.2. The summed E-state index contributed by atoms with van der Waals surface area (Å²) in [7, 11) is 0. The average molecular weight is 116 g/mol. The summed E-state index contributed by atoms with van der Waals surface area (Å²) in [5.74, 6) is 0.162. The van der Waals surface area contributed by atoms with Gasteiger partial charge in [0.05, 0.1) is 0 Å². The molecule has 0 unspecified atom stereocenters. The number of nitrogens with two attached hydrogens (primary N) is 2. The Morgan fingerprint density at radius 2 is 1.50 bits per heavy atom. The number of carbonyl (C=O) groups is 1. The van der Waals surface area contributed by atoms with Crippen molar-refractivity contribution in [2.45, 2.75) is 12.8 Å². The van der Waals surface area contributed by atoms with Gasteiger partial charge in [0.2, 0.25) is 0 Å². The average Bonchev–Trinajstić information content (AvgIpc) is 1.68. The second-order valence-corrected chi connectivity index (χ2v) is 1.62. The zero-order valence-corrected chi connectivity index (χ0v) is 4.89. The summed E-state index contributed by atoms with van der Waals surface area (Å²) >= 11 is 0. The Morgan fingerprint density at radius 1 is 1.12 bits per heavy atom. The van der Waals surface area contributed by atoms with Gasteiger partial charge >= 0.3 is 0 Å². The summed E-state index contributed by atoms with van der Waals surface area (Å²) in [4.78, 5) is 10.5. The minimum absolute atomic E-state index is 0.162. The summed E-state index contributed by atoms with van der Waals surface area (Å²) < 4.78 is 0. The quantitative estimate of drug-likeness (QED) is 0.508. The van der Waals surface area contributed by atoms with Crippen LogP contribution < -0.4 is 11.5 Å². The predicted octanol–water partition coefficient (Wildman–Crippen LogP) is -0.747. The highest BCUT2D eigenvalue weighted by molar-refractivity contribution is 5.78. The predicted molar refractivity (Wildman–Crippen MR) is 32.3 cm³/mol. The fourth-order valence-corrected chi connectivity index (χ4v) is 0.447. The van der Waals surface area contributed by atoms with Gasteiger partial charge in [0.15, 0.2) is 0 Å². The number of hydrogen-bond acceptors (Lipinski definition) is 3. The van der Waals surface area contributed by atoms with Crippen molar-refractivity contribution in [2.75, 3.05) is 13.1 Å². The maximum atomic E-state index is 10.5.